The summed E-state index contributed by atoms with van der Waals surface area (Å²) in [5, 5.41) is 2.95. The Bertz CT molecular complexity index is 613. The first-order valence-electron chi connectivity index (χ1n) is 5.85. The van der Waals surface area contributed by atoms with Gasteiger partial charge in [-0.25, -0.2) is 0 Å². The van der Waals surface area contributed by atoms with E-state index in [1.165, 1.54) is 5.56 Å². The number of halogens is 2. The number of nitrogens with one attached hydrogen (secondary N) is 1. The van der Waals surface area contributed by atoms with Crippen LogP contribution in [0.1, 0.15) is 21.5 Å². The molecule has 19 heavy (non-hydrogen) atoms. The molecule has 0 aliphatic carbocycles. The predicted molar refractivity (Wildman–Crippen MR) is 89.2 cm³/mol. The summed E-state index contributed by atoms with van der Waals surface area (Å²) in [5.41, 5.74) is 2.99. The van der Waals surface area contributed by atoms with Gasteiger partial charge in [-0.2, -0.15) is 0 Å². The molecule has 2 aromatic rings. The lowest BCUT2D eigenvalue weighted by Gasteiger charge is -2.09. The first kappa shape index (κ1) is 14.5. The maximum Gasteiger partial charge on any atom is 0.252 e. The molecule has 98 valence electrons. The van der Waals surface area contributed by atoms with Crippen molar-refractivity contribution >= 4 is 44.4 Å². The van der Waals surface area contributed by atoms with Crippen molar-refractivity contribution < 1.29 is 4.79 Å². The van der Waals surface area contributed by atoms with Gasteiger partial charge in [-0.1, -0.05) is 24.3 Å². The lowest BCUT2D eigenvalue weighted by Crippen LogP contribution is -2.23. The average molecular weight is 430 g/mol. The lowest BCUT2D eigenvalue weighted by molar-refractivity contribution is 0.0950. The standard InChI is InChI=1S/C15H13BrINO/c1-10-4-2-3-5-11(10)9-18-15(19)13-8-12(17)6-7-14(13)16/h2-8H,9H2,1H3,(H,18,19). The molecule has 4 heteroatoms. The highest BCUT2D eigenvalue weighted by Crippen LogP contribution is 2.19. The van der Waals surface area contributed by atoms with Crippen molar-refractivity contribution in [3.05, 3.63) is 67.2 Å². The number of hydrogen-bond donors (Lipinski definition) is 1. The fourth-order valence-electron chi connectivity index (χ4n) is 1.75. The number of carbonyl (C=O) groups excluding carboxylic acids is 1. The number of rotatable bonds is 3. The molecule has 0 heterocycles. The van der Waals surface area contributed by atoms with Crippen LogP contribution in [0.5, 0.6) is 0 Å². The predicted octanol–water partition coefficient (Wildman–Crippen LogP) is 4.29. The Balaban J connectivity index is 2.10. The summed E-state index contributed by atoms with van der Waals surface area (Å²) in [6.07, 6.45) is 0. The molecule has 1 N–H and O–H groups in total. The van der Waals surface area contributed by atoms with E-state index in [0.29, 0.717) is 12.1 Å². The van der Waals surface area contributed by atoms with Crippen LogP contribution in [0.3, 0.4) is 0 Å². The molecule has 0 radical (unpaired) electrons. The molecular weight excluding hydrogens is 417 g/mol. The zero-order valence-electron chi connectivity index (χ0n) is 10.4. The van der Waals surface area contributed by atoms with Crippen LogP contribution in [0.4, 0.5) is 0 Å². The van der Waals surface area contributed by atoms with Gasteiger partial charge in [0.15, 0.2) is 0 Å². The van der Waals surface area contributed by atoms with Crippen molar-refractivity contribution in [2.45, 2.75) is 13.5 Å². The van der Waals surface area contributed by atoms with E-state index in [4.69, 9.17) is 0 Å². The third-order valence-corrected chi connectivity index (χ3v) is 4.24. The highest BCUT2D eigenvalue weighted by atomic mass is 127. The molecule has 0 saturated heterocycles. The molecule has 0 fully saturated rings. The summed E-state index contributed by atoms with van der Waals surface area (Å²) in [6.45, 7) is 2.59. The van der Waals surface area contributed by atoms with Crippen LogP contribution in [0.25, 0.3) is 0 Å². The van der Waals surface area contributed by atoms with Gasteiger partial charge in [-0.3, -0.25) is 4.79 Å². The van der Waals surface area contributed by atoms with Crippen molar-refractivity contribution in [2.24, 2.45) is 0 Å². The maximum absolute atomic E-state index is 12.2. The smallest absolute Gasteiger partial charge is 0.252 e. The van der Waals surface area contributed by atoms with Gasteiger partial charge in [0.05, 0.1) is 5.56 Å². The number of hydrogen-bond acceptors (Lipinski definition) is 1. The minimum Gasteiger partial charge on any atom is -0.348 e. The van der Waals surface area contributed by atoms with Crippen molar-refractivity contribution in [2.75, 3.05) is 0 Å². The molecule has 0 atom stereocenters. The lowest BCUT2D eigenvalue weighted by atomic mass is 10.1. The van der Waals surface area contributed by atoms with Crippen LogP contribution in [0.2, 0.25) is 0 Å². The van der Waals surface area contributed by atoms with Gasteiger partial charge in [0.1, 0.15) is 0 Å². The van der Waals surface area contributed by atoms with Crippen LogP contribution in [0, 0.1) is 10.5 Å². The topological polar surface area (TPSA) is 29.1 Å². The second-order valence-corrected chi connectivity index (χ2v) is 6.33. The molecule has 0 unspecified atom stereocenters. The molecular formula is C15H13BrINO. The Hall–Kier alpha value is -0.880. The Morgan fingerprint density at radius 2 is 2.00 bits per heavy atom. The molecule has 2 nitrogen and oxygen atoms in total. The highest BCUT2D eigenvalue weighted by Gasteiger charge is 2.10. The van der Waals surface area contributed by atoms with Crippen molar-refractivity contribution in [1.29, 1.82) is 0 Å². The summed E-state index contributed by atoms with van der Waals surface area (Å²) in [6, 6.07) is 13.8. The Morgan fingerprint density at radius 3 is 2.74 bits per heavy atom. The van der Waals surface area contributed by atoms with Gasteiger partial charge in [0, 0.05) is 14.6 Å². The van der Waals surface area contributed by atoms with Gasteiger partial charge >= 0.3 is 0 Å². The van der Waals surface area contributed by atoms with E-state index in [0.717, 1.165) is 13.6 Å². The summed E-state index contributed by atoms with van der Waals surface area (Å²) in [5.74, 6) is -0.0614. The average Bonchev–Trinajstić information content (AvgIpc) is 2.40. The molecule has 0 aliphatic rings. The van der Waals surface area contributed by atoms with E-state index in [-0.39, 0.29) is 5.91 Å². The highest BCUT2D eigenvalue weighted by molar-refractivity contribution is 14.1. The van der Waals surface area contributed by atoms with E-state index in [1.807, 2.05) is 49.4 Å². The van der Waals surface area contributed by atoms with Crippen molar-refractivity contribution in [1.82, 2.24) is 5.32 Å². The molecule has 1 amide bonds. The van der Waals surface area contributed by atoms with Crippen LogP contribution in [-0.2, 0) is 6.54 Å². The molecule has 2 rings (SSSR count). The fraction of sp³-hybridized carbons (Fsp3) is 0.133. The monoisotopic (exact) mass is 429 g/mol. The fourth-order valence-corrected chi connectivity index (χ4v) is 2.67. The maximum atomic E-state index is 12.2. The van der Waals surface area contributed by atoms with E-state index in [2.05, 4.69) is 43.8 Å². The molecule has 0 aliphatic heterocycles. The molecule has 2 aromatic carbocycles. The zero-order valence-corrected chi connectivity index (χ0v) is 14.2. The van der Waals surface area contributed by atoms with Gasteiger partial charge in [0.2, 0.25) is 0 Å². The van der Waals surface area contributed by atoms with Gasteiger partial charge in [-0.15, -0.1) is 0 Å². The largest absolute Gasteiger partial charge is 0.348 e. The first-order valence-corrected chi connectivity index (χ1v) is 7.73. The second kappa shape index (κ2) is 6.52. The quantitative estimate of drug-likeness (QED) is 0.724. The van der Waals surface area contributed by atoms with Crippen LogP contribution in [-0.4, -0.2) is 5.91 Å². The Morgan fingerprint density at radius 1 is 1.26 bits per heavy atom. The Kier molecular flexibility index (Phi) is 4.99. The number of amides is 1. The summed E-state index contributed by atoms with van der Waals surface area (Å²) in [4.78, 5) is 12.2. The summed E-state index contributed by atoms with van der Waals surface area (Å²) >= 11 is 5.61. The SMILES string of the molecule is Cc1ccccc1CNC(=O)c1cc(I)ccc1Br. The molecule has 0 aromatic heterocycles. The third kappa shape index (κ3) is 3.79. The van der Waals surface area contributed by atoms with Gasteiger partial charge in [-0.05, 0) is 74.8 Å². The minimum absolute atomic E-state index is 0.0614. The van der Waals surface area contributed by atoms with Crippen LogP contribution < -0.4 is 5.32 Å². The molecule has 0 bridgehead atoms. The second-order valence-electron chi connectivity index (χ2n) is 4.23. The van der Waals surface area contributed by atoms with E-state index in [9.17, 15) is 4.79 Å². The third-order valence-electron chi connectivity index (χ3n) is 2.87. The number of carbonyl (C=O) groups is 1. The van der Waals surface area contributed by atoms with Gasteiger partial charge < -0.3 is 5.32 Å². The van der Waals surface area contributed by atoms with E-state index in [1.54, 1.807) is 0 Å². The molecule has 0 spiro atoms. The minimum atomic E-state index is -0.0614. The normalized spacial score (nSPS) is 10.3. The van der Waals surface area contributed by atoms with E-state index < -0.39 is 0 Å². The van der Waals surface area contributed by atoms with Crippen molar-refractivity contribution in [3.8, 4) is 0 Å². The van der Waals surface area contributed by atoms with Crippen molar-refractivity contribution in [3.63, 3.8) is 0 Å². The summed E-state index contributed by atoms with van der Waals surface area (Å²) in [7, 11) is 0. The summed E-state index contributed by atoms with van der Waals surface area (Å²) < 4.78 is 1.86. The van der Waals surface area contributed by atoms with Gasteiger partial charge in [0.25, 0.3) is 5.91 Å². The number of aryl methyl sites for hydroxylation is 1. The number of benzene rings is 2. The van der Waals surface area contributed by atoms with E-state index >= 15 is 0 Å². The Labute approximate surface area is 134 Å². The zero-order chi connectivity index (χ0) is 13.8. The molecule has 0 saturated carbocycles. The van der Waals surface area contributed by atoms with Crippen LogP contribution in [0.15, 0.2) is 46.9 Å². The van der Waals surface area contributed by atoms with Crippen LogP contribution >= 0.6 is 38.5 Å². The first-order chi connectivity index (χ1) is 9.08.